The van der Waals surface area contributed by atoms with Crippen molar-refractivity contribution in [2.24, 2.45) is 0 Å². The minimum atomic E-state index is 1.33. The van der Waals surface area contributed by atoms with Gasteiger partial charge >= 0.3 is 0 Å². The standard InChI is InChI=1S/C19H19/c1-12-11-13(2)19(15(4)14(12)3)18-10-9-16-7-5-6-8-17(16)18/h5-11H,1-4H3. The first kappa shape index (κ1) is 12.2. The van der Waals surface area contributed by atoms with Crippen LogP contribution in [-0.2, 0) is 0 Å². The highest BCUT2D eigenvalue weighted by molar-refractivity contribution is 5.89. The molecule has 0 spiro atoms. The Bertz CT molecular complexity index is 687. The van der Waals surface area contributed by atoms with Gasteiger partial charge in [0.25, 0.3) is 0 Å². The Balaban J connectivity index is 2.23. The molecule has 2 aromatic carbocycles. The van der Waals surface area contributed by atoms with Gasteiger partial charge in [0.15, 0.2) is 0 Å². The van der Waals surface area contributed by atoms with Crippen LogP contribution in [0.1, 0.15) is 38.9 Å². The van der Waals surface area contributed by atoms with Crippen molar-refractivity contribution in [3.05, 3.63) is 81.8 Å². The van der Waals surface area contributed by atoms with E-state index >= 15 is 0 Å². The summed E-state index contributed by atoms with van der Waals surface area (Å²) in [6.45, 7) is 8.88. The first-order chi connectivity index (χ1) is 9.09. The minimum absolute atomic E-state index is 1.33. The highest BCUT2D eigenvalue weighted by Gasteiger charge is 2.19. The molecular weight excluding hydrogens is 228 g/mol. The van der Waals surface area contributed by atoms with Crippen LogP contribution in [0.3, 0.4) is 0 Å². The number of hydrogen-bond donors (Lipinski definition) is 0. The van der Waals surface area contributed by atoms with Crippen LogP contribution in [-0.4, -0.2) is 0 Å². The predicted molar refractivity (Wildman–Crippen MR) is 82.3 cm³/mol. The highest BCUT2D eigenvalue weighted by atomic mass is 14.2. The lowest BCUT2D eigenvalue weighted by molar-refractivity contribution is 1.21. The Morgan fingerprint density at radius 1 is 0.789 bits per heavy atom. The van der Waals surface area contributed by atoms with Gasteiger partial charge in [-0.3, -0.25) is 0 Å². The summed E-state index contributed by atoms with van der Waals surface area (Å²) in [6, 6.07) is 10.9. The molecule has 0 unspecified atom stereocenters. The topological polar surface area (TPSA) is 0 Å². The predicted octanol–water partition coefficient (Wildman–Crippen LogP) is 4.92. The summed E-state index contributed by atoms with van der Waals surface area (Å²) >= 11 is 0. The zero-order chi connectivity index (χ0) is 13.6. The lowest BCUT2D eigenvalue weighted by atomic mass is 9.88. The molecule has 0 saturated heterocycles. The lowest BCUT2D eigenvalue weighted by Crippen LogP contribution is -1.99. The van der Waals surface area contributed by atoms with Gasteiger partial charge in [0, 0.05) is 6.42 Å². The van der Waals surface area contributed by atoms with Crippen LogP contribution in [0.5, 0.6) is 0 Å². The van der Waals surface area contributed by atoms with Crippen molar-refractivity contribution in [3.8, 4) is 0 Å². The van der Waals surface area contributed by atoms with Crippen molar-refractivity contribution in [3.63, 3.8) is 0 Å². The molecule has 0 nitrogen and oxygen atoms in total. The molecule has 1 aliphatic carbocycles. The van der Waals surface area contributed by atoms with Crippen LogP contribution < -0.4 is 0 Å². The molecule has 0 atom stereocenters. The Hall–Kier alpha value is -1.82. The van der Waals surface area contributed by atoms with Gasteiger partial charge in [-0.2, -0.15) is 0 Å². The normalized spacial score (nSPS) is 13.4. The van der Waals surface area contributed by atoms with Crippen molar-refractivity contribution < 1.29 is 0 Å². The summed E-state index contributed by atoms with van der Waals surface area (Å²) in [7, 11) is 0. The second-order valence-corrected chi connectivity index (χ2v) is 5.47. The molecule has 0 saturated carbocycles. The van der Waals surface area contributed by atoms with E-state index in [1.165, 1.54) is 44.5 Å². The number of hydrogen-bond acceptors (Lipinski definition) is 0. The Morgan fingerprint density at radius 2 is 1.53 bits per heavy atom. The molecule has 0 aromatic heterocycles. The fourth-order valence-electron chi connectivity index (χ4n) is 3.07. The van der Waals surface area contributed by atoms with Gasteiger partial charge < -0.3 is 0 Å². The van der Waals surface area contributed by atoms with Crippen LogP contribution in [0.25, 0.3) is 5.57 Å². The summed E-state index contributed by atoms with van der Waals surface area (Å²) in [5.74, 6) is 0. The van der Waals surface area contributed by atoms with Crippen LogP contribution in [0.2, 0.25) is 0 Å². The summed E-state index contributed by atoms with van der Waals surface area (Å²) < 4.78 is 0. The third-order valence-corrected chi connectivity index (χ3v) is 4.31. The van der Waals surface area contributed by atoms with Gasteiger partial charge in [0.1, 0.15) is 0 Å². The van der Waals surface area contributed by atoms with Gasteiger partial charge in [-0.05, 0) is 72.2 Å². The second-order valence-electron chi connectivity index (χ2n) is 5.47. The van der Waals surface area contributed by atoms with E-state index in [0.29, 0.717) is 0 Å². The Morgan fingerprint density at radius 3 is 2.32 bits per heavy atom. The van der Waals surface area contributed by atoms with E-state index in [4.69, 9.17) is 0 Å². The van der Waals surface area contributed by atoms with Gasteiger partial charge in [0.2, 0.25) is 0 Å². The molecule has 0 amide bonds. The van der Waals surface area contributed by atoms with Crippen LogP contribution in [0.4, 0.5) is 0 Å². The fourth-order valence-corrected chi connectivity index (χ4v) is 3.07. The maximum atomic E-state index is 2.30. The molecule has 1 aliphatic rings. The van der Waals surface area contributed by atoms with Crippen LogP contribution in [0.15, 0.2) is 36.4 Å². The highest BCUT2D eigenvalue weighted by Crippen LogP contribution is 2.38. The quantitative estimate of drug-likeness (QED) is 0.671. The molecule has 2 aromatic rings. The number of rotatable bonds is 1. The van der Waals surface area contributed by atoms with Crippen molar-refractivity contribution in [2.75, 3.05) is 0 Å². The fraction of sp³-hybridized carbons (Fsp3) is 0.211. The second kappa shape index (κ2) is 4.38. The average molecular weight is 247 g/mol. The molecule has 1 radical (unpaired) electrons. The first-order valence-corrected chi connectivity index (χ1v) is 6.82. The largest absolute Gasteiger partial charge is 0.0675 e. The van der Waals surface area contributed by atoms with Gasteiger partial charge in [-0.25, -0.2) is 0 Å². The van der Waals surface area contributed by atoms with Crippen molar-refractivity contribution in [1.82, 2.24) is 0 Å². The molecule has 0 N–H and O–H groups in total. The molecule has 0 heterocycles. The average Bonchev–Trinajstić information content (AvgIpc) is 2.81. The zero-order valence-electron chi connectivity index (χ0n) is 12.0. The number of aryl methyl sites for hydroxylation is 2. The minimum Gasteiger partial charge on any atom is -0.0675 e. The first-order valence-electron chi connectivity index (χ1n) is 6.82. The molecule has 0 bridgehead atoms. The third-order valence-electron chi connectivity index (χ3n) is 4.31. The van der Waals surface area contributed by atoms with Crippen LogP contribution in [0, 0.1) is 34.1 Å². The van der Waals surface area contributed by atoms with E-state index in [9.17, 15) is 0 Å². The Kier molecular flexibility index (Phi) is 2.82. The monoisotopic (exact) mass is 247 g/mol. The van der Waals surface area contributed by atoms with E-state index in [-0.39, 0.29) is 0 Å². The molecule has 0 heteroatoms. The van der Waals surface area contributed by atoms with Crippen molar-refractivity contribution in [1.29, 1.82) is 0 Å². The molecular formula is C19H19. The summed E-state index contributed by atoms with van der Waals surface area (Å²) in [5.41, 5.74) is 11.0. The maximum Gasteiger partial charge on any atom is 0.0138 e. The summed E-state index contributed by atoms with van der Waals surface area (Å²) in [4.78, 5) is 0. The zero-order valence-corrected chi connectivity index (χ0v) is 12.0. The van der Waals surface area contributed by atoms with E-state index in [1.807, 2.05) is 0 Å². The number of fused-ring (bicyclic) bond motifs is 1. The third kappa shape index (κ3) is 1.83. The van der Waals surface area contributed by atoms with Crippen molar-refractivity contribution in [2.45, 2.75) is 27.7 Å². The van der Waals surface area contributed by atoms with Gasteiger partial charge in [0.05, 0.1) is 0 Å². The summed E-state index contributed by atoms with van der Waals surface area (Å²) in [6.07, 6.45) is 4.48. The Labute approximate surface area is 115 Å². The maximum absolute atomic E-state index is 2.30. The lowest BCUT2D eigenvalue weighted by Gasteiger charge is -2.17. The van der Waals surface area contributed by atoms with Crippen LogP contribution >= 0.6 is 0 Å². The molecule has 19 heavy (non-hydrogen) atoms. The molecule has 95 valence electrons. The SMILES string of the molecule is Cc1cc(C)c(C2=C[CH]c3ccccc32)c(C)c1C. The number of allylic oxidation sites excluding steroid dienone is 1. The number of benzene rings is 2. The van der Waals surface area contributed by atoms with E-state index in [0.717, 1.165) is 0 Å². The van der Waals surface area contributed by atoms with E-state index < -0.39 is 0 Å². The van der Waals surface area contributed by atoms with E-state index in [2.05, 4.69) is 70.5 Å². The van der Waals surface area contributed by atoms with Gasteiger partial charge in [-0.1, -0.05) is 36.4 Å². The van der Waals surface area contributed by atoms with E-state index in [1.54, 1.807) is 0 Å². The molecule has 0 aliphatic heterocycles. The van der Waals surface area contributed by atoms with Gasteiger partial charge in [-0.15, -0.1) is 0 Å². The van der Waals surface area contributed by atoms with Crippen molar-refractivity contribution >= 4 is 5.57 Å². The molecule has 3 rings (SSSR count). The smallest absolute Gasteiger partial charge is 0.0138 e. The molecule has 0 fully saturated rings. The summed E-state index contributed by atoms with van der Waals surface area (Å²) in [5, 5.41) is 0.